The zero-order valence-electron chi connectivity index (χ0n) is 13.5. The molecule has 3 aromatic rings. The van der Waals surface area contributed by atoms with Gasteiger partial charge < -0.3 is 14.6 Å². The summed E-state index contributed by atoms with van der Waals surface area (Å²) >= 11 is 0. The topological polar surface area (TPSA) is 58.2 Å². The van der Waals surface area contributed by atoms with E-state index in [0.29, 0.717) is 17.9 Å². The quantitative estimate of drug-likeness (QED) is 0.777. The lowest BCUT2D eigenvalue weighted by molar-refractivity contribution is -0.274. The van der Waals surface area contributed by atoms with Crippen molar-refractivity contribution in [1.82, 2.24) is 9.97 Å². The van der Waals surface area contributed by atoms with Gasteiger partial charge in [0, 0.05) is 12.2 Å². The number of nitrogens with zero attached hydrogens (tertiary/aromatic N) is 2. The summed E-state index contributed by atoms with van der Waals surface area (Å²) < 4.78 is 40.8. The van der Waals surface area contributed by atoms with Crippen LogP contribution in [0.4, 0.5) is 18.9 Å². The van der Waals surface area contributed by atoms with E-state index in [4.69, 9.17) is 0 Å². The number of ether oxygens (including phenoxy) is 1. The smallest absolute Gasteiger partial charge is 0.406 e. The van der Waals surface area contributed by atoms with Crippen LogP contribution in [-0.2, 0) is 13.0 Å². The van der Waals surface area contributed by atoms with Gasteiger partial charge in [-0.15, -0.1) is 13.2 Å². The zero-order valence-corrected chi connectivity index (χ0v) is 13.5. The molecule has 1 aliphatic heterocycles. The summed E-state index contributed by atoms with van der Waals surface area (Å²) in [5, 5.41) is 0.0531. The fourth-order valence-corrected chi connectivity index (χ4v) is 3.19. The summed E-state index contributed by atoms with van der Waals surface area (Å²) in [6.45, 7) is 1.24. The molecule has 1 aliphatic rings. The lowest BCUT2D eigenvalue weighted by atomic mass is 10.2. The first-order valence-electron chi connectivity index (χ1n) is 8.01. The number of halogens is 3. The van der Waals surface area contributed by atoms with Crippen LogP contribution in [0.15, 0.2) is 47.3 Å². The van der Waals surface area contributed by atoms with Gasteiger partial charge in [0.2, 0.25) is 0 Å². The largest absolute Gasteiger partial charge is 0.573 e. The average molecular weight is 361 g/mol. The molecule has 1 N–H and O–H groups in total. The third-order valence-electron chi connectivity index (χ3n) is 4.28. The van der Waals surface area contributed by atoms with Gasteiger partial charge in [-0.3, -0.25) is 4.79 Å². The number of fused-ring (bicyclic) bond motifs is 2. The molecule has 1 aromatic heterocycles. The van der Waals surface area contributed by atoms with E-state index in [1.165, 1.54) is 11.6 Å². The van der Waals surface area contributed by atoms with Crippen LogP contribution in [0.5, 0.6) is 5.75 Å². The van der Waals surface area contributed by atoms with Crippen molar-refractivity contribution in [3.05, 3.63) is 64.2 Å². The molecule has 2 aromatic carbocycles. The second-order valence-corrected chi connectivity index (χ2v) is 6.04. The van der Waals surface area contributed by atoms with E-state index in [9.17, 15) is 18.0 Å². The van der Waals surface area contributed by atoms with Crippen LogP contribution >= 0.6 is 0 Å². The molecule has 5 nitrogen and oxygen atoms in total. The van der Waals surface area contributed by atoms with Gasteiger partial charge in [-0.25, -0.2) is 4.98 Å². The molecule has 0 radical (unpaired) electrons. The van der Waals surface area contributed by atoms with Gasteiger partial charge in [-0.1, -0.05) is 18.2 Å². The van der Waals surface area contributed by atoms with Crippen molar-refractivity contribution in [2.45, 2.75) is 19.3 Å². The third kappa shape index (κ3) is 3.22. The van der Waals surface area contributed by atoms with E-state index in [0.717, 1.165) is 30.8 Å². The van der Waals surface area contributed by atoms with Crippen molar-refractivity contribution in [3.8, 4) is 5.75 Å². The molecule has 0 spiro atoms. The molecular weight excluding hydrogens is 347 g/mol. The molecule has 0 saturated carbocycles. The van der Waals surface area contributed by atoms with E-state index in [1.807, 2.05) is 18.2 Å². The highest BCUT2D eigenvalue weighted by molar-refractivity contribution is 5.79. The molecule has 8 heteroatoms. The molecule has 0 bridgehead atoms. The fraction of sp³-hybridized carbons (Fsp3) is 0.222. The zero-order chi connectivity index (χ0) is 18.3. The number of rotatable bonds is 3. The van der Waals surface area contributed by atoms with Crippen molar-refractivity contribution in [1.29, 1.82) is 0 Å². The van der Waals surface area contributed by atoms with Crippen molar-refractivity contribution < 1.29 is 17.9 Å². The Balaban J connectivity index is 1.64. The molecule has 2 heterocycles. The second-order valence-electron chi connectivity index (χ2n) is 6.04. The normalized spacial score (nSPS) is 13.9. The Hall–Kier alpha value is -3.03. The van der Waals surface area contributed by atoms with Crippen LogP contribution in [0.2, 0.25) is 0 Å². The Labute approximate surface area is 146 Å². The summed E-state index contributed by atoms with van der Waals surface area (Å²) in [7, 11) is 0. The van der Waals surface area contributed by atoms with Crippen molar-refractivity contribution in [2.24, 2.45) is 0 Å². The molecule has 0 fully saturated rings. The van der Waals surface area contributed by atoms with E-state index < -0.39 is 17.7 Å². The maximum Gasteiger partial charge on any atom is 0.573 e. The maximum absolute atomic E-state index is 12.3. The summed E-state index contributed by atoms with van der Waals surface area (Å²) in [4.78, 5) is 21.4. The Bertz CT molecular complexity index is 1030. The van der Waals surface area contributed by atoms with E-state index >= 15 is 0 Å². The molecule has 0 aliphatic carbocycles. The number of hydrogen-bond acceptors (Lipinski definition) is 4. The number of aromatic amines is 1. The Kier molecular flexibility index (Phi) is 3.82. The molecule has 4 rings (SSSR count). The van der Waals surface area contributed by atoms with Crippen molar-refractivity contribution in [2.75, 3.05) is 11.4 Å². The number of nitrogens with one attached hydrogen (secondary N) is 1. The van der Waals surface area contributed by atoms with Gasteiger partial charge in [0.05, 0.1) is 17.4 Å². The number of hydrogen-bond donors (Lipinski definition) is 1. The highest BCUT2D eigenvalue weighted by Crippen LogP contribution is 2.28. The van der Waals surface area contributed by atoms with Gasteiger partial charge in [0.25, 0.3) is 5.56 Å². The monoisotopic (exact) mass is 361 g/mol. The number of para-hydroxylation sites is 1. The SMILES string of the molecule is O=c1[nH]c(CN2CCc3ccccc32)nc2ccc(OC(F)(F)F)cc12. The number of H-pyrrole nitrogens is 1. The molecular formula is C18H14F3N3O2. The van der Waals surface area contributed by atoms with Gasteiger partial charge in [0.1, 0.15) is 11.6 Å². The summed E-state index contributed by atoms with van der Waals surface area (Å²) in [5.41, 5.74) is 2.17. The van der Waals surface area contributed by atoms with Gasteiger partial charge in [-0.05, 0) is 36.2 Å². The van der Waals surface area contributed by atoms with Crippen LogP contribution in [0.3, 0.4) is 0 Å². The maximum atomic E-state index is 12.3. The lowest BCUT2D eigenvalue weighted by Gasteiger charge is -2.18. The average Bonchev–Trinajstić information content (AvgIpc) is 2.97. The summed E-state index contributed by atoms with van der Waals surface area (Å²) in [5.74, 6) is 0.0159. The fourth-order valence-electron chi connectivity index (χ4n) is 3.19. The molecule has 26 heavy (non-hydrogen) atoms. The summed E-state index contributed by atoms with van der Waals surface area (Å²) in [6.07, 6.45) is -3.89. The second kappa shape index (κ2) is 6.05. The predicted molar refractivity (Wildman–Crippen MR) is 90.2 cm³/mol. The van der Waals surface area contributed by atoms with Gasteiger partial charge in [-0.2, -0.15) is 0 Å². The predicted octanol–water partition coefficient (Wildman–Crippen LogP) is 3.38. The van der Waals surface area contributed by atoms with Crippen molar-refractivity contribution in [3.63, 3.8) is 0 Å². The number of aromatic nitrogens is 2. The van der Waals surface area contributed by atoms with Crippen LogP contribution in [0.1, 0.15) is 11.4 Å². The first-order chi connectivity index (χ1) is 12.4. The number of benzene rings is 2. The lowest BCUT2D eigenvalue weighted by Crippen LogP contribution is -2.23. The highest BCUT2D eigenvalue weighted by atomic mass is 19.4. The molecule has 0 amide bonds. The molecule has 0 unspecified atom stereocenters. The first-order valence-corrected chi connectivity index (χ1v) is 8.01. The standard InChI is InChI=1S/C18H14F3N3O2/c19-18(20,21)26-12-5-6-14-13(9-12)17(25)23-16(22-14)10-24-8-7-11-3-1-2-4-15(11)24/h1-6,9H,7-8,10H2,(H,22,23,25). The first kappa shape index (κ1) is 16.4. The van der Waals surface area contributed by atoms with Gasteiger partial charge >= 0.3 is 6.36 Å². The molecule has 0 saturated heterocycles. The summed E-state index contributed by atoms with van der Waals surface area (Å²) in [6, 6.07) is 11.6. The van der Waals surface area contributed by atoms with E-state index in [2.05, 4.69) is 25.7 Å². The Morgan fingerprint density at radius 2 is 2.00 bits per heavy atom. The van der Waals surface area contributed by atoms with Crippen LogP contribution < -0.4 is 15.2 Å². The molecule has 0 atom stereocenters. The minimum Gasteiger partial charge on any atom is -0.406 e. The Morgan fingerprint density at radius 3 is 2.81 bits per heavy atom. The highest BCUT2D eigenvalue weighted by Gasteiger charge is 2.31. The third-order valence-corrected chi connectivity index (χ3v) is 4.28. The van der Waals surface area contributed by atoms with E-state index in [1.54, 1.807) is 0 Å². The minimum absolute atomic E-state index is 0.0531. The minimum atomic E-state index is -4.81. The van der Waals surface area contributed by atoms with Crippen molar-refractivity contribution >= 4 is 16.6 Å². The van der Waals surface area contributed by atoms with Crippen LogP contribution in [0, 0.1) is 0 Å². The Morgan fingerprint density at radius 1 is 1.19 bits per heavy atom. The van der Waals surface area contributed by atoms with Gasteiger partial charge in [0.15, 0.2) is 0 Å². The van der Waals surface area contributed by atoms with Crippen LogP contribution in [0.25, 0.3) is 10.9 Å². The molecule has 134 valence electrons. The van der Waals surface area contributed by atoms with E-state index in [-0.39, 0.29) is 5.39 Å². The number of anilines is 1. The number of alkyl halides is 3. The van der Waals surface area contributed by atoms with Crippen LogP contribution in [-0.4, -0.2) is 22.9 Å².